The van der Waals surface area contributed by atoms with Gasteiger partial charge in [-0.05, 0) is 62.6 Å². The third-order valence-electron chi connectivity index (χ3n) is 4.62. The first-order valence-electron chi connectivity index (χ1n) is 7.35. The molecule has 2 nitrogen and oxygen atoms in total. The summed E-state index contributed by atoms with van der Waals surface area (Å²) in [5.74, 6) is 0. The summed E-state index contributed by atoms with van der Waals surface area (Å²) in [7, 11) is 0. The molecular weight excluding hydrogens is 240 g/mol. The molecule has 3 rings (SSSR count). The molecule has 0 bridgehead atoms. The van der Waals surface area contributed by atoms with E-state index in [-0.39, 0.29) is 0 Å². The van der Waals surface area contributed by atoms with Crippen LogP contribution in [0.15, 0.2) is 11.4 Å². The Morgan fingerprint density at radius 2 is 2.22 bits per heavy atom. The molecule has 0 saturated carbocycles. The maximum atomic E-state index is 6.22. The number of fused-ring (bicyclic) bond motifs is 1. The Balaban J connectivity index is 1.86. The van der Waals surface area contributed by atoms with Crippen molar-refractivity contribution in [3.05, 3.63) is 21.9 Å². The summed E-state index contributed by atoms with van der Waals surface area (Å²) < 4.78 is 0. The summed E-state index contributed by atoms with van der Waals surface area (Å²) in [5.41, 5.74) is 7.83. The number of aryl methyl sites for hydroxylation is 1. The van der Waals surface area contributed by atoms with Gasteiger partial charge in [-0.2, -0.15) is 0 Å². The zero-order valence-corrected chi connectivity index (χ0v) is 12.1. The van der Waals surface area contributed by atoms with Crippen LogP contribution in [0.2, 0.25) is 0 Å². The molecule has 2 heterocycles. The van der Waals surface area contributed by atoms with Crippen LogP contribution in [0.5, 0.6) is 0 Å². The van der Waals surface area contributed by atoms with Gasteiger partial charge in [-0.15, -0.1) is 11.3 Å². The van der Waals surface area contributed by atoms with Crippen molar-refractivity contribution in [2.75, 3.05) is 6.54 Å². The number of hydrogen-bond acceptors (Lipinski definition) is 3. The topological polar surface area (TPSA) is 29.3 Å². The van der Waals surface area contributed by atoms with Crippen molar-refractivity contribution in [1.82, 2.24) is 4.90 Å². The van der Waals surface area contributed by atoms with Crippen molar-refractivity contribution in [2.45, 2.75) is 63.6 Å². The SMILES string of the molecule is CC(N)C1CCCCN1C1CCCc2sccc21. The molecule has 0 radical (unpaired) electrons. The van der Waals surface area contributed by atoms with Crippen LogP contribution in [-0.2, 0) is 6.42 Å². The number of piperidine rings is 1. The van der Waals surface area contributed by atoms with Crippen LogP contribution in [0.1, 0.15) is 55.5 Å². The summed E-state index contributed by atoms with van der Waals surface area (Å²) >= 11 is 1.94. The monoisotopic (exact) mass is 264 g/mol. The minimum atomic E-state index is 0.300. The number of likely N-dealkylation sites (tertiary alicyclic amines) is 1. The van der Waals surface area contributed by atoms with Gasteiger partial charge >= 0.3 is 0 Å². The van der Waals surface area contributed by atoms with Gasteiger partial charge in [0.15, 0.2) is 0 Å². The second-order valence-electron chi connectivity index (χ2n) is 5.87. The molecule has 1 fully saturated rings. The van der Waals surface area contributed by atoms with Crippen LogP contribution >= 0.6 is 11.3 Å². The first kappa shape index (κ1) is 12.6. The zero-order valence-electron chi connectivity index (χ0n) is 11.3. The fourth-order valence-electron chi connectivity index (χ4n) is 3.74. The van der Waals surface area contributed by atoms with Crippen molar-refractivity contribution in [2.24, 2.45) is 5.73 Å². The summed E-state index contributed by atoms with van der Waals surface area (Å²) in [5, 5.41) is 2.27. The molecule has 1 saturated heterocycles. The predicted octanol–water partition coefficient (Wildman–Crippen LogP) is 3.33. The molecule has 100 valence electrons. The minimum absolute atomic E-state index is 0.300. The zero-order chi connectivity index (χ0) is 12.5. The molecule has 0 aromatic carbocycles. The Kier molecular flexibility index (Phi) is 3.73. The van der Waals surface area contributed by atoms with Crippen LogP contribution < -0.4 is 5.73 Å². The molecule has 18 heavy (non-hydrogen) atoms. The molecule has 0 spiro atoms. The van der Waals surface area contributed by atoms with E-state index in [1.165, 1.54) is 45.1 Å². The minimum Gasteiger partial charge on any atom is -0.327 e. The molecule has 1 aromatic rings. The van der Waals surface area contributed by atoms with Crippen LogP contribution in [0.25, 0.3) is 0 Å². The molecule has 3 atom stereocenters. The van der Waals surface area contributed by atoms with Crippen LogP contribution in [-0.4, -0.2) is 23.5 Å². The quantitative estimate of drug-likeness (QED) is 0.888. The Bertz CT molecular complexity index is 399. The van der Waals surface area contributed by atoms with E-state index in [1.807, 2.05) is 11.3 Å². The lowest BCUT2D eigenvalue weighted by Gasteiger charge is -2.44. The molecule has 1 aliphatic heterocycles. The number of rotatable bonds is 2. The molecule has 2 N–H and O–H groups in total. The fourth-order valence-corrected chi connectivity index (χ4v) is 4.72. The summed E-state index contributed by atoms with van der Waals surface area (Å²) in [6, 6.07) is 3.90. The lowest BCUT2D eigenvalue weighted by atomic mass is 9.87. The number of hydrogen-bond donors (Lipinski definition) is 1. The molecule has 2 aliphatic rings. The average Bonchev–Trinajstić information content (AvgIpc) is 2.86. The highest BCUT2D eigenvalue weighted by Crippen LogP contribution is 2.40. The van der Waals surface area contributed by atoms with Crippen molar-refractivity contribution in [3.63, 3.8) is 0 Å². The molecule has 1 aromatic heterocycles. The smallest absolute Gasteiger partial charge is 0.0362 e. The molecule has 3 heteroatoms. The van der Waals surface area contributed by atoms with Crippen molar-refractivity contribution < 1.29 is 0 Å². The Hall–Kier alpha value is -0.380. The second kappa shape index (κ2) is 5.32. The third-order valence-corrected chi connectivity index (χ3v) is 5.62. The van der Waals surface area contributed by atoms with Gasteiger partial charge in [-0.1, -0.05) is 6.42 Å². The van der Waals surface area contributed by atoms with Gasteiger partial charge in [0.05, 0.1) is 0 Å². The fraction of sp³-hybridized carbons (Fsp3) is 0.733. The van der Waals surface area contributed by atoms with Crippen molar-refractivity contribution >= 4 is 11.3 Å². The van der Waals surface area contributed by atoms with Gasteiger partial charge in [-0.25, -0.2) is 0 Å². The Morgan fingerprint density at radius 3 is 3.06 bits per heavy atom. The van der Waals surface area contributed by atoms with Crippen molar-refractivity contribution in [1.29, 1.82) is 0 Å². The number of thiophene rings is 1. The van der Waals surface area contributed by atoms with E-state index < -0.39 is 0 Å². The van der Waals surface area contributed by atoms with E-state index in [2.05, 4.69) is 23.3 Å². The van der Waals surface area contributed by atoms with Gasteiger partial charge in [0.1, 0.15) is 0 Å². The highest BCUT2D eigenvalue weighted by atomic mass is 32.1. The standard InChI is InChI=1S/C15H24N2S/c1-11(16)13-5-2-3-9-17(13)14-6-4-7-15-12(14)8-10-18-15/h8,10-11,13-14H,2-7,9,16H2,1H3. The summed E-state index contributed by atoms with van der Waals surface area (Å²) in [4.78, 5) is 4.35. The molecular formula is C15H24N2S. The van der Waals surface area contributed by atoms with Crippen LogP contribution in [0, 0.1) is 0 Å². The third kappa shape index (κ3) is 2.24. The van der Waals surface area contributed by atoms with E-state index in [0.29, 0.717) is 18.1 Å². The van der Waals surface area contributed by atoms with Crippen LogP contribution in [0.4, 0.5) is 0 Å². The van der Waals surface area contributed by atoms with E-state index in [0.717, 1.165) is 0 Å². The van der Waals surface area contributed by atoms with Crippen molar-refractivity contribution in [3.8, 4) is 0 Å². The lowest BCUT2D eigenvalue weighted by molar-refractivity contribution is 0.0720. The molecule has 0 amide bonds. The normalized spacial score (nSPS) is 31.0. The first-order valence-corrected chi connectivity index (χ1v) is 8.23. The van der Waals surface area contributed by atoms with E-state index in [1.54, 1.807) is 10.4 Å². The van der Waals surface area contributed by atoms with Gasteiger partial charge in [0.25, 0.3) is 0 Å². The van der Waals surface area contributed by atoms with Gasteiger partial charge < -0.3 is 5.73 Å². The maximum absolute atomic E-state index is 6.22. The predicted molar refractivity (Wildman–Crippen MR) is 78.0 cm³/mol. The maximum Gasteiger partial charge on any atom is 0.0362 e. The van der Waals surface area contributed by atoms with E-state index in [9.17, 15) is 0 Å². The molecule has 3 unspecified atom stereocenters. The second-order valence-corrected chi connectivity index (χ2v) is 6.87. The highest BCUT2D eigenvalue weighted by Gasteiger charge is 2.34. The van der Waals surface area contributed by atoms with E-state index >= 15 is 0 Å². The summed E-state index contributed by atoms with van der Waals surface area (Å²) in [6.07, 6.45) is 7.95. The van der Waals surface area contributed by atoms with Crippen LogP contribution in [0.3, 0.4) is 0 Å². The highest BCUT2D eigenvalue weighted by molar-refractivity contribution is 7.10. The number of nitrogens with zero attached hydrogens (tertiary/aromatic N) is 1. The number of nitrogens with two attached hydrogens (primary N) is 1. The van der Waals surface area contributed by atoms with Gasteiger partial charge in [-0.3, -0.25) is 4.90 Å². The molecule has 1 aliphatic carbocycles. The van der Waals surface area contributed by atoms with Gasteiger partial charge in [0.2, 0.25) is 0 Å². The summed E-state index contributed by atoms with van der Waals surface area (Å²) in [6.45, 7) is 3.42. The Labute approximate surface area is 114 Å². The first-order chi connectivity index (χ1) is 8.77. The average molecular weight is 264 g/mol. The van der Waals surface area contributed by atoms with Gasteiger partial charge in [0, 0.05) is 23.0 Å². The Morgan fingerprint density at radius 1 is 1.33 bits per heavy atom. The lowest BCUT2D eigenvalue weighted by Crippen LogP contribution is -2.50. The largest absolute Gasteiger partial charge is 0.327 e. The van der Waals surface area contributed by atoms with E-state index in [4.69, 9.17) is 5.73 Å².